The van der Waals surface area contributed by atoms with Crippen LogP contribution in [-0.2, 0) is 9.59 Å². The highest BCUT2D eigenvalue weighted by Crippen LogP contribution is 2.47. The monoisotopic (exact) mass is 239 g/mol. The van der Waals surface area contributed by atoms with E-state index < -0.39 is 30.0 Å². The number of hydrogen-bond acceptors (Lipinski definition) is 2. The van der Waals surface area contributed by atoms with Crippen LogP contribution in [0.5, 0.6) is 0 Å². The molecule has 0 saturated heterocycles. The van der Waals surface area contributed by atoms with E-state index in [4.69, 9.17) is 5.11 Å². The molecule has 1 saturated carbocycles. The Balaban J connectivity index is 2.75. The lowest BCUT2D eigenvalue weighted by molar-refractivity contribution is -0.169. The van der Waals surface area contributed by atoms with Gasteiger partial charge in [0.15, 0.2) is 0 Å². The van der Waals surface area contributed by atoms with Crippen molar-refractivity contribution in [3.63, 3.8) is 0 Å². The van der Waals surface area contributed by atoms with Crippen LogP contribution in [0, 0.1) is 5.41 Å². The molecular formula is C9H12F3NO3. The summed E-state index contributed by atoms with van der Waals surface area (Å²) in [5.41, 5.74) is -1.60. The molecule has 0 aromatic rings. The van der Waals surface area contributed by atoms with Gasteiger partial charge in [0, 0.05) is 6.54 Å². The maximum atomic E-state index is 12.1. The topological polar surface area (TPSA) is 57.6 Å². The molecule has 0 heterocycles. The molecule has 1 fully saturated rings. The Bertz CT molecular complexity index is 310. The van der Waals surface area contributed by atoms with Gasteiger partial charge in [0.05, 0.1) is 0 Å². The molecule has 1 aliphatic rings. The van der Waals surface area contributed by atoms with E-state index in [0.717, 1.165) is 0 Å². The Morgan fingerprint density at radius 2 is 1.88 bits per heavy atom. The first kappa shape index (κ1) is 12.8. The molecule has 0 aromatic heterocycles. The number of alkyl halides is 3. The maximum absolute atomic E-state index is 12.1. The smallest absolute Gasteiger partial charge is 0.406 e. The first-order valence-electron chi connectivity index (χ1n) is 4.82. The van der Waals surface area contributed by atoms with Gasteiger partial charge in [0.25, 0.3) is 0 Å². The number of carbonyl (C=O) groups excluding carboxylic acids is 1. The highest BCUT2D eigenvalue weighted by Gasteiger charge is 2.59. The molecule has 0 atom stereocenters. The highest BCUT2D eigenvalue weighted by atomic mass is 19.4. The van der Waals surface area contributed by atoms with Crippen LogP contribution in [0.1, 0.15) is 19.8 Å². The number of halogens is 3. The third-order valence-corrected chi connectivity index (χ3v) is 2.61. The van der Waals surface area contributed by atoms with Crippen LogP contribution in [-0.4, -0.2) is 41.1 Å². The van der Waals surface area contributed by atoms with Crippen molar-refractivity contribution in [3.05, 3.63) is 0 Å². The van der Waals surface area contributed by atoms with E-state index >= 15 is 0 Å². The van der Waals surface area contributed by atoms with Crippen LogP contribution in [0.2, 0.25) is 0 Å². The second-order valence-electron chi connectivity index (χ2n) is 3.82. The van der Waals surface area contributed by atoms with E-state index in [0.29, 0.717) is 4.90 Å². The van der Waals surface area contributed by atoms with Crippen LogP contribution >= 0.6 is 0 Å². The lowest BCUT2D eigenvalue weighted by atomic mass is 10.1. The average molecular weight is 239 g/mol. The molecule has 1 amide bonds. The Kier molecular flexibility index (Phi) is 3.16. The summed E-state index contributed by atoms with van der Waals surface area (Å²) in [6.45, 7) is -0.147. The fraction of sp³-hybridized carbons (Fsp3) is 0.778. The van der Waals surface area contributed by atoms with E-state index in [1.165, 1.54) is 6.92 Å². The summed E-state index contributed by atoms with van der Waals surface area (Å²) in [6, 6.07) is 0. The van der Waals surface area contributed by atoms with Crippen LogP contribution in [0.15, 0.2) is 0 Å². The lowest BCUT2D eigenvalue weighted by Crippen LogP contribution is -2.45. The fourth-order valence-corrected chi connectivity index (χ4v) is 1.49. The lowest BCUT2D eigenvalue weighted by Gasteiger charge is -2.25. The molecule has 0 unspecified atom stereocenters. The summed E-state index contributed by atoms with van der Waals surface area (Å²) in [4.78, 5) is 22.9. The van der Waals surface area contributed by atoms with Gasteiger partial charge < -0.3 is 10.0 Å². The molecule has 0 spiro atoms. The Morgan fingerprint density at radius 3 is 2.12 bits per heavy atom. The molecule has 92 valence electrons. The summed E-state index contributed by atoms with van der Waals surface area (Å²) in [5.74, 6) is -2.27. The minimum Gasteiger partial charge on any atom is -0.480 e. The predicted octanol–water partition coefficient (Wildman–Crippen LogP) is 1.26. The van der Waals surface area contributed by atoms with Crippen LogP contribution < -0.4 is 0 Å². The van der Waals surface area contributed by atoms with E-state index in [9.17, 15) is 22.8 Å². The number of carboxylic acid groups (broad SMARTS) is 1. The number of nitrogens with zero attached hydrogens (tertiary/aromatic N) is 1. The van der Waals surface area contributed by atoms with Gasteiger partial charge >= 0.3 is 12.1 Å². The van der Waals surface area contributed by atoms with Gasteiger partial charge in [-0.15, -0.1) is 0 Å². The SMILES string of the molecule is CCN(CC(F)(F)F)C(=O)C1(C(=O)O)CC1. The Labute approximate surface area is 90.0 Å². The summed E-state index contributed by atoms with van der Waals surface area (Å²) < 4.78 is 36.4. The van der Waals surface area contributed by atoms with Gasteiger partial charge in [0.1, 0.15) is 12.0 Å². The zero-order valence-electron chi connectivity index (χ0n) is 8.67. The summed E-state index contributed by atoms with van der Waals surface area (Å²) in [5, 5.41) is 8.79. The molecule has 0 radical (unpaired) electrons. The van der Waals surface area contributed by atoms with Gasteiger partial charge in [-0.3, -0.25) is 9.59 Å². The summed E-state index contributed by atoms with van der Waals surface area (Å²) in [6.07, 6.45) is -4.26. The van der Waals surface area contributed by atoms with Crippen molar-refractivity contribution in [2.75, 3.05) is 13.1 Å². The van der Waals surface area contributed by atoms with Crippen molar-refractivity contribution in [2.24, 2.45) is 5.41 Å². The molecule has 4 nitrogen and oxygen atoms in total. The number of hydrogen-bond donors (Lipinski definition) is 1. The number of amides is 1. The molecule has 16 heavy (non-hydrogen) atoms. The number of carboxylic acids is 1. The van der Waals surface area contributed by atoms with Crippen LogP contribution in [0.4, 0.5) is 13.2 Å². The largest absolute Gasteiger partial charge is 0.480 e. The van der Waals surface area contributed by atoms with Crippen molar-refractivity contribution in [1.82, 2.24) is 4.90 Å². The summed E-state index contributed by atoms with van der Waals surface area (Å²) >= 11 is 0. The minimum absolute atomic E-state index is 0.121. The zero-order chi connectivity index (χ0) is 12.6. The van der Waals surface area contributed by atoms with Gasteiger partial charge in [-0.05, 0) is 19.8 Å². The summed E-state index contributed by atoms with van der Waals surface area (Å²) in [7, 11) is 0. The normalized spacial score (nSPS) is 18.0. The number of rotatable bonds is 4. The van der Waals surface area contributed by atoms with Gasteiger partial charge in [0.2, 0.25) is 5.91 Å². The van der Waals surface area contributed by atoms with Crippen molar-refractivity contribution in [2.45, 2.75) is 25.9 Å². The molecule has 0 aromatic carbocycles. The van der Waals surface area contributed by atoms with Gasteiger partial charge in [-0.2, -0.15) is 13.2 Å². The highest BCUT2D eigenvalue weighted by molar-refractivity contribution is 6.04. The number of aliphatic carboxylic acids is 1. The third kappa shape index (κ3) is 2.45. The first-order chi connectivity index (χ1) is 7.23. The third-order valence-electron chi connectivity index (χ3n) is 2.61. The molecule has 1 rings (SSSR count). The predicted molar refractivity (Wildman–Crippen MR) is 47.6 cm³/mol. The van der Waals surface area contributed by atoms with Gasteiger partial charge in [-0.1, -0.05) is 0 Å². The minimum atomic E-state index is -4.50. The van der Waals surface area contributed by atoms with Crippen molar-refractivity contribution in [3.8, 4) is 0 Å². The molecule has 1 aliphatic carbocycles. The quantitative estimate of drug-likeness (QED) is 0.751. The molecule has 7 heteroatoms. The Hall–Kier alpha value is -1.27. The van der Waals surface area contributed by atoms with Crippen molar-refractivity contribution in [1.29, 1.82) is 0 Å². The standard InChI is InChI=1S/C9H12F3NO3/c1-2-13(5-9(10,11)12)6(14)8(3-4-8)7(15)16/h2-5H2,1H3,(H,15,16). The second kappa shape index (κ2) is 3.95. The second-order valence-corrected chi connectivity index (χ2v) is 3.82. The van der Waals surface area contributed by atoms with E-state index in [1.807, 2.05) is 0 Å². The first-order valence-corrected chi connectivity index (χ1v) is 4.82. The maximum Gasteiger partial charge on any atom is 0.406 e. The van der Waals surface area contributed by atoms with Crippen molar-refractivity contribution < 1.29 is 27.9 Å². The van der Waals surface area contributed by atoms with Crippen LogP contribution in [0.25, 0.3) is 0 Å². The molecule has 1 N–H and O–H groups in total. The fourth-order valence-electron chi connectivity index (χ4n) is 1.49. The van der Waals surface area contributed by atoms with Gasteiger partial charge in [-0.25, -0.2) is 0 Å². The molecule has 0 aliphatic heterocycles. The van der Waals surface area contributed by atoms with E-state index in [-0.39, 0.29) is 19.4 Å². The van der Waals surface area contributed by atoms with E-state index in [1.54, 1.807) is 0 Å². The Morgan fingerprint density at radius 1 is 1.38 bits per heavy atom. The van der Waals surface area contributed by atoms with Crippen molar-refractivity contribution >= 4 is 11.9 Å². The van der Waals surface area contributed by atoms with Crippen LogP contribution in [0.3, 0.4) is 0 Å². The zero-order valence-corrected chi connectivity index (χ0v) is 8.67. The molecule has 0 bridgehead atoms. The number of carbonyl (C=O) groups is 2. The van der Waals surface area contributed by atoms with E-state index in [2.05, 4.69) is 0 Å². The molecular weight excluding hydrogens is 227 g/mol. The average Bonchev–Trinajstić information content (AvgIpc) is 2.92.